The molecule has 0 saturated carbocycles. The van der Waals surface area contributed by atoms with Crippen molar-refractivity contribution in [2.24, 2.45) is 0 Å². The normalized spacial score (nSPS) is 18.0. The van der Waals surface area contributed by atoms with Gasteiger partial charge in [-0.25, -0.2) is 0 Å². The second-order valence-electron chi connectivity index (χ2n) is 5.45. The number of aliphatic carboxylic acids is 1. The van der Waals surface area contributed by atoms with Gasteiger partial charge in [0.2, 0.25) is 0 Å². The molecule has 1 amide bonds. The van der Waals surface area contributed by atoms with Gasteiger partial charge in [0.1, 0.15) is 6.54 Å². The number of nitrogens with one attached hydrogen (secondary N) is 1. The first-order chi connectivity index (χ1) is 10.6. The van der Waals surface area contributed by atoms with Crippen LogP contribution in [0.1, 0.15) is 36.0 Å². The minimum Gasteiger partial charge on any atom is -0.480 e. The third-order valence-corrected chi connectivity index (χ3v) is 3.94. The number of nitrogens with zero attached hydrogens (tertiary/aromatic N) is 1. The quantitative estimate of drug-likeness (QED) is 0.742. The predicted octanol–water partition coefficient (Wildman–Crippen LogP) is 1.56. The summed E-state index contributed by atoms with van der Waals surface area (Å²) in [6.45, 7) is 0.508. The second-order valence-corrected chi connectivity index (χ2v) is 5.45. The Balaban J connectivity index is 2.18. The number of para-hydroxylation sites is 1. The van der Waals surface area contributed by atoms with Crippen LogP contribution in [0.5, 0.6) is 0 Å². The van der Waals surface area contributed by atoms with Gasteiger partial charge >= 0.3 is 5.97 Å². The maximum atomic E-state index is 12.8. The van der Waals surface area contributed by atoms with Crippen molar-refractivity contribution in [1.29, 1.82) is 0 Å². The average molecular weight is 306 g/mol. The average Bonchev–Trinajstić information content (AvgIpc) is 2.53. The van der Waals surface area contributed by atoms with Crippen molar-refractivity contribution in [3.8, 4) is 0 Å². The van der Waals surface area contributed by atoms with Crippen LogP contribution in [0.2, 0.25) is 0 Å². The van der Waals surface area contributed by atoms with Crippen LogP contribution >= 0.6 is 0 Å². The van der Waals surface area contributed by atoms with Crippen molar-refractivity contribution >= 4 is 17.6 Å². The summed E-state index contributed by atoms with van der Waals surface area (Å²) in [5, 5.41) is 20.7. The van der Waals surface area contributed by atoms with Crippen molar-refractivity contribution in [2.45, 2.75) is 31.7 Å². The fourth-order valence-electron chi connectivity index (χ4n) is 2.87. The Morgan fingerprint density at radius 3 is 2.77 bits per heavy atom. The predicted molar refractivity (Wildman–Crippen MR) is 82.9 cm³/mol. The number of carboxylic acid groups (broad SMARTS) is 1. The van der Waals surface area contributed by atoms with Gasteiger partial charge in [0.05, 0.1) is 5.56 Å². The zero-order chi connectivity index (χ0) is 15.9. The van der Waals surface area contributed by atoms with Gasteiger partial charge in [0.15, 0.2) is 0 Å². The number of anilines is 1. The lowest BCUT2D eigenvalue weighted by atomic mass is 9.98. The summed E-state index contributed by atoms with van der Waals surface area (Å²) in [6.07, 6.45) is 3.50. The van der Waals surface area contributed by atoms with Crippen molar-refractivity contribution in [1.82, 2.24) is 4.90 Å². The zero-order valence-corrected chi connectivity index (χ0v) is 12.5. The molecule has 0 bridgehead atoms. The molecule has 1 aliphatic rings. The smallest absolute Gasteiger partial charge is 0.322 e. The highest BCUT2D eigenvalue weighted by molar-refractivity contribution is 6.00. The third kappa shape index (κ3) is 3.98. The van der Waals surface area contributed by atoms with Gasteiger partial charge in [-0.1, -0.05) is 12.1 Å². The number of amides is 1. The Kier molecular flexibility index (Phi) is 5.77. The maximum absolute atomic E-state index is 12.8. The number of hydrogen-bond acceptors (Lipinski definition) is 4. The Labute approximate surface area is 129 Å². The molecule has 1 aliphatic heterocycles. The minimum atomic E-state index is -0.974. The molecule has 1 unspecified atom stereocenters. The minimum absolute atomic E-state index is 0.0544. The summed E-state index contributed by atoms with van der Waals surface area (Å²) < 4.78 is 0. The summed E-state index contributed by atoms with van der Waals surface area (Å²) >= 11 is 0. The largest absolute Gasteiger partial charge is 0.480 e. The number of aliphatic hydroxyl groups is 1. The van der Waals surface area contributed by atoms with Gasteiger partial charge in [0, 0.05) is 24.9 Å². The molecule has 6 nitrogen and oxygen atoms in total. The van der Waals surface area contributed by atoms with Gasteiger partial charge in [-0.15, -0.1) is 0 Å². The van der Waals surface area contributed by atoms with E-state index < -0.39 is 5.97 Å². The topological polar surface area (TPSA) is 89.9 Å². The molecular formula is C16H22N2O4. The molecule has 1 aromatic carbocycles. The van der Waals surface area contributed by atoms with E-state index in [-0.39, 0.29) is 25.1 Å². The maximum Gasteiger partial charge on any atom is 0.322 e. The van der Waals surface area contributed by atoms with Crippen LogP contribution in [0.15, 0.2) is 24.3 Å². The van der Waals surface area contributed by atoms with Gasteiger partial charge in [-0.3, -0.25) is 9.59 Å². The molecule has 22 heavy (non-hydrogen) atoms. The Hall–Kier alpha value is -2.08. The number of hydrogen-bond donors (Lipinski definition) is 3. The number of benzene rings is 1. The van der Waals surface area contributed by atoms with E-state index in [1.54, 1.807) is 29.2 Å². The van der Waals surface area contributed by atoms with Crippen LogP contribution in [0.25, 0.3) is 0 Å². The molecule has 6 heteroatoms. The molecule has 0 radical (unpaired) electrons. The van der Waals surface area contributed by atoms with Crippen molar-refractivity contribution in [3.05, 3.63) is 29.8 Å². The van der Waals surface area contributed by atoms with Crippen molar-refractivity contribution in [3.63, 3.8) is 0 Å². The lowest BCUT2D eigenvalue weighted by Crippen LogP contribution is -2.44. The van der Waals surface area contributed by atoms with Gasteiger partial charge < -0.3 is 20.4 Å². The van der Waals surface area contributed by atoms with E-state index in [1.165, 1.54) is 0 Å². The number of piperidine rings is 1. The summed E-state index contributed by atoms with van der Waals surface area (Å²) in [5.74, 6) is -1.08. The molecule has 0 aromatic heterocycles. The summed E-state index contributed by atoms with van der Waals surface area (Å²) in [7, 11) is 0. The molecule has 120 valence electrons. The number of carbonyl (C=O) groups is 2. The molecule has 1 aromatic rings. The van der Waals surface area contributed by atoms with Crippen LogP contribution in [-0.2, 0) is 4.79 Å². The standard InChI is InChI=1S/C16H22N2O4/c19-10-8-12-5-3-4-9-18(12)16(22)13-6-1-2-7-14(13)17-11-15(20)21/h1-2,6-7,12,17,19H,3-5,8-11H2,(H,20,21). The van der Waals surface area contributed by atoms with E-state index in [9.17, 15) is 14.7 Å². The summed E-state index contributed by atoms with van der Waals surface area (Å²) in [6, 6.07) is 7.00. The highest BCUT2D eigenvalue weighted by Crippen LogP contribution is 2.24. The first-order valence-electron chi connectivity index (χ1n) is 7.60. The SMILES string of the molecule is O=C(O)CNc1ccccc1C(=O)N1CCCCC1CCO. The molecule has 3 N–H and O–H groups in total. The van der Waals surface area contributed by atoms with Crippen LogP contribution in [-0.4, -0.2) is 52.7 Å². The van der Waals surface area contributed by atoms with E-state index in [0.717, 1.165) is 19.3 Å². The monoisotopic (exact) mass is 306 g/mol. The fraction of sp³-hybridized carbons (Fsp3) is 0.500. The number of rotatable bonds is 6. The first-order valence-corrected chi connectivity index (χ1v) is 7.60. The van der Waals surface area contributed by atoms with Crippen molar-refractivity contribution < 1.29 is 19.8 Å². The Bertz CT molecular complexity index is 531. The fourth-order valence-corrected chi connectivity index (χ4v) is 2.87. The second kappa shape index (κ2) is 7.79. The molecule has 0 spiro atoms. The molecule has 1 saturated heterocycles. The number of carboxylic acids is 1. The van der Waals surface area contributed by atoms with Crippen LogP contribution in [0, 0.1) is 0 Å². The van der Waals surface area contributed by atoms with Gasteiger partial charge in [-0.05, 0) is 37.8 Å². The van der Waals surface area contributed by atoms with E-state index in [1.807, 2.05) is 0 Å². The van der Waals surface area contributed by atoms with Crippen LogP contribution < -0.4 is 5.32 Å². The highest BCUT2D eigenvalue weighted by Gasteiger charge is 2.28. The number of aliphatic hydroxyl groups excluding tert-OH is 1. The Morgan fingerprint density at radius 2 is 2.05 bits per heavy atom. The molecule has 1 heterocycles. The Morgan fingerprint density at radius 1 is 1.27 bits per heavy atom. The number of carbonyl (C=O) groups excluding carboxylic acids is 1. The first kappa shape index (κ1) is 16.3. The van der Waals surface area contributed by atoms with Crippen LogP contribution in [0.4, 0.5) is 5.69 Å². The van der Waals surface area contributed by atoms with E-state index >= 15 is 0 Å². The van der Waals surface area contributed by atoms with Gasteiger partial charge in [-0.2, -0.15) is 0 Å². The molecular weight excluding hydrogens is 284 g/mol. The van der Waals surface area contributed by atoms with Crippen molar-refractivity contribution in [2.75, 3.05) is 25.0 Å². The molecule has 1 atom stereocenters. The zero-order valence-electron chi connectivity index (χ0n) is 12.5. The van der Waals surface area contributed by atoms with E-state index in [4.69, 9.17) is 5.11 Å². The molecule has 1 fully saturated rings. The van der Waals surface area contributed by atoms with E-state index in [0.29, 0.717) is 24.2 Å². The number of likely N-dealkylation sites (tertiary alicyclic amines) is 1. The van der Waals surface area contributed by atoms with E-state index in [2.05, 4.69) is 5.32 Å². The lowest BCUT2D eigenvalue weighted by molar-refractivity contribution is -0.134. The molecule has 2 rings (SSSR count). The van der Waals surface area contributed by atoms with Crippen LogP contribution in [0.3, 0.4) is 0 Å². The lowest BCUT2D eigenvalue weighted by Gasteiger charge is -2.36. The third-order valence-electron chi connectivity index (χ3n) is 3.94. The van der Waals surface area contributed by atoms with Gasteiger partial charge in [0.25, 0.3) is 5.91 Å². The molecule has 0 aliphatic carbocycles. The summed E-state index contributed by atoms with van der Waals surface area (Å²) in [5.41, 5.74) is 1.01. The summed E-state index contributed by atoms with van der Waals surface area (Å²) in [4.78, 5) is 25.3. The highest BCUT2D eigenvalue weighted by atomic mass is 16.4.